The van der Waals surface area contributed by atoms with Crippen molar-refractivity contribution in [1.82, 2.24) is 21.3 Å². The first-order chi connectivity index (χ1) is 21.1. The van der Waals surface area contributed by atoms with Crippen molar-refractivity contribution in [3.8, 4) is 5.75 Å². The molecule has 2 saturated heterocycles. The number of ether oxygens (including phenoxy) is 3. The van der Waals surface area contributed by atoms with Gasteiger partial charge >= 0.3 is 0 Å². The van der Waals surface area contributed by atoms with E-state index in [1.165, 1.54) is 7.11 Å². The van der Waals surface area contributed by atoms with E-state index in [9.17, 15) is 29.4 Å². The number of carbonyl (C=O) groups is 4. The highest BCUT2D eigenvalue weighted by Crippen LogP contribution is 2.31. The molecule has 4 rings (SSSR count). The van der Waals surface area contributed by atoms with Gasteiger partial charge in [-0.1, -0.05) is 23.8 Å². The van der Waals surface area contributed by atoms with E-state index in [0.29, 0.717) is 31.0 Å². The molecule has 1 aromatic carbocycles. The third kappa shape index (κ3) is 9.08. The van der Waals surface area contributed by atoms with Crippen molar-refractivity contribution in [1.29, 1.82) is 0 Å². The van der Waals surface area contributed by atoms with Crippen LogP contribution in [-0.4, -0.2) is 104 Å². The summed E-state index contributed by atoms with van der Waals surface area (Å²) in [6, 6.07) is 2.38. The van der Waals surface area contributed by atoms with Gasteiger partial charge < -0.3 is 45.7 Å². The predicted molar refractivity (Wildman–Crippen MR) is 159 cm³/mol. The molecule has 13 heteroatoms. The number of ketones is 1. The van der Waals surface area contributed by atoms with Crippen molar-refractivity contribution in [2.24, 2.45) is 0 Å². The van der Waals surface area contributed by atoms with E-state index < -0.39 is 54.2 Å². The van der Waals surface area contributed by atoms with Gasteiger partial charge in [-0.15, -0.1) is 0 Å². The maximum Gasteiger partial charge on any atom is 0.246 e. The number of rotatable bonds is 15. The van der Waals surface area contributed by atoms with E-state index in [-0.39, 0.29) is 31.3 Å². The summed E-state index contributed by atoms with van der Waals surface area (Å²) in [5.41, 5.74) is 0.341. The van der Waals surface area contributed by atoms with Gasteiger partial charge in [0, 0.05) is 13.1 Å². The highest BCUT2D eigenvalue weighted by molar-refractivity contribution is 5.98. The number of benzene rings is 1. The number of carbonyl (C=O) groups excluding carboxylic acids is 4. The Morgan fingerprint density at radius 1 is 1.09 bits per heavy atom. The van der Waals surface area contributed by atoms with Crippen molar-refractivity contribution < 1.29 is 43.6 Å². The van der Waals surface area contributed by atoms with Gasteiger partial charge in [0.2, 0.25) is 17.7 Å². The standard InChI is InChI=1S/C31H44N4O9/c1-31(18-44-31)28(39)23(14-19-6-4-3-5-7-19)34-30(41)26(27(38)20-8-10-21(42-2)11-9-20)35-29(40)24(17-36)33-25(37)15-22-16-32-12-13-43-22/h6,8-11,22-24,26-27,32,36,38H,3-5,7,12-18H2,1-2H3,(H,33,37)(H,34,41)(H,35,40)/t22?,23-,24-,26-,27+,31+/m0/s1. The molecule has 2 aliphatic heterocycles. The number of allylic oxidation sites excluding steroid dienone is 1. The Bertz CT molecular complexity index is 1200. The second kappa shape index (κ2) is 15.6. The van der Waals surface area contributed by atoms with Crippen LogP contribution >= 0.6 is 0 Å². The Balaban J connectivity index is 1.52. The molecule has 2 heterocycles. The Kier molecular flexibility index (Phi) is 11.9. The van der Waals surface area contributed by atoms with E-state index >= 15 is 0 Å². The average molecular weight is 617 g/mol. The van der Waals surface area contributed by atoms with Crippen LogP contribution in [0.2, 0.25) is 0 Å². The third-order valence-corrected chi connectivity index (χ3v) is 8.19. The van der Waals surface area contributed by atoms with Gasteiger partial charge in [0.15, 0.2) is 5.78 Å². The van der Waals surface area contributed by atoms with Crippen molar-refractivity contribution in [2.45, 2.75) is 81.4 Å². The number of hydrogen-bond donors (Lipinski definition) is 6. The predicted octanol–water partition coefficient (Wildman–Crippen LogP) is -0.198. The molecule has 13 nitrogen and oxygen atoms in total. The first-order valence-electron chi connectivity index (χ1n) is 15.1. The van der Waals surface area contributed by atoms with E-state index in [1.54, 1.807) is 31.2 Å². The van der Waals surface area contributed by atoms with Crippen molar-refractivity contribution in [3.05, 3.63) is 41.5 Å². The largest absolute Gasteiger partial charge is 0.497 e. The van der Waals surface area contributed by atoms with Gasteiger partial charge in [-0.05, 0) is 56.7 Å². The van der Waals surface area contributed by atoms with Crippen LogP contribution in [0, 0.1) is 0 Å². The van der Waals surface area contributed by atoms with Crippen LogP contribution in [0.15, 0.2) is 35.9 Å². The Morgan fingerprint density at radius 2 is 1.84 bits per heavy atom. The Labute approximate surface area is 257 Å². The zero-order chi connectivity index (χ0) is 31.7. The number of aliphatic hydroxyl groups is 2. The molecule has 0 aromatic heterocycles. The molecule has 0 spiro atoms. The number of nitrogens with one attached hydrogen (secondary N) is 4. The maximum atomic E-state index is 13.8. The minimum atomic E-state index is -1.57. The minimum absolute atomic E-state index is 0.0321. The summed E-state index contributed by atoms with van der Waals surface area (Å²) < 4.78 is 16.1. The second-order valence-corrected chi connectivity index (χ2v) is 11.7. The molecule has 0 radical (unpaired) electrons. The molecule has 3 aliphatic rings. The van der Waals surface area contributed by atoms with E-state index in [0.717, 1.165) is 31.3 Å². The highest BCUT2D eigenvalue weighted by Gasteiger charge is 2.50. The summed E-state index contributed by atoms with van der Waals surface area (Å²) in [5, 5.41) is 32.2. The molecule has 6 atom stereocenters. The fourth-order valence-corrected chi connectivity index (χ4v) is 5.38. The van der Waals surface area contributed by atoms with Gasteiger partial charge in [0.05, 0.1) is 45.5 Å². The van der Waals surface area contributed by atoms with Gasteiger partial charge in [0.25, 0.3) is 0 Å². The van der Waals surface area contributed by atoms with Crippen LogP contribution in [0.1, 0.15) is 57.1 Å². The molecule has 0 bridgehead atoms. The number of hydrogen-bond acceptors (Lipinski definition) is 10. The topological polar surface area (TPSA) is 188 Å². The van der Waals surface area contributed by atoms with Crippen LogP contribution < -0.4 is 26.0 Å². The summed E-state index contributed by atoms with van der Waals surface area (Å²) in [7, 11) is 1.49. The fraction of sp³-hybridized carbons (Fsp3) is 0.613. The summed E-state index contributed by atoms with van der Waals surface area (Å²) >= 11 is 0. The number of amides is 3. The quantitative estimate of drug-likeness (QED) is 0.114. The van der Waals surface area contributed by atoms with Crippen LogP contribution in [0.5, 0.6) is 5.75 Å². The molecule has 0 saturated carbocycles. The normalized spacial score (nSPS) is 24.1. The lowest BCUT2D eigenvalue weighted by atomic mass is 9.89. The molecule has 2 fully saturated rings. The lowest BCUT2D eigenvalue weighted by molar-refractivity contribution is -0.137. The number of methoxy groups -OCH3 is 1. The minimum Gasteiger partial charge on any atom is -0.497 e. The van der Waals surface area contributed by atoms with Crippen LogP contribution in [-0.2, 0) is 28.7 Å². The van der Waals surface area contributed by atoms with Crippen molar-refractivity contribution in [2.75, 3.05) is 40.0 Å². The number of Topliss-reactive ketones (excluding diaryl/α,β-unsaturated/α-hetero) is 1. The van der Waals surface area contributed by atoms with Gasteiger partial charge in [0.1, 0.15) is 29.5 Å². The van der Waals surface area contributed by atoms with Gasteiger partial charge in [-0.25, -0.2) is 0 Å². The molecular formula is C31H44N4O9. The van der Waals surface area contributed by atoms with E-state index in [4.69, 9.17) is 14.2 Å². The SMILES string of the molecule is COc1ccc([C@@H](O)[C@H](NC(=O)[C@H](CO)NC(=O)CC2CNCCO2)C(=O)N[C@@H](CC2=CCCCC2)C(=O)[C@@]2(C)CO2)cc1. The molecule has 1 aliphatic carbocycles. The highest BCUT2D eigenvalue weighted by atomic mass is 16.6. The summed E-state index contributed by atoms with van der Waals surface area (Å²) in [6.45, 7) is 2.76. The van der Waals surface area contributed by atoms with Crippen molar-refractivity contribution in [3.63, 3.8) is 0 Å². The number of epoxide rings is 1. The summed E-state index contributed by atoms with van der Waals surface area (Å²) in [4.78, 5) is 53.2. The van der Waals surface area contributed by atoms with Gasteiger partial charge in [-0.3, -0.25) is 19.2 Å². The number of aliphatic hydroxyl groups excluding tert-OH is 2. The van der Waals surface area contributed by atoms with Crippen LogP contribution in [0.4, 0.5) is 0 Å². The number of morpholine rings is 1. The zero-order valence-corrected chi connectivity index (χ0v) is 25.3. The molecule has 1 aromatic rings. The maximum absolute atomic E-state index is 13.8. The molecule has 242 valence electrons. The molecule has 3 amide bonds. The Hall–Kier alpha value is -3.36. The third-order valence-electron chi connectivity index (χ3n) is 8.19. The van der Waals surface area contributed by atoms with Crippen molar-refractivity contribution >= 4 is 23.5 Å². The second-order valence-electron chi connectivity index (χ2n) is 11.7. The summed E-state index contributed by atoms with van der Waals surface area (Å²) in [5.74, 6) is -1.97. The van der Waals surface area contributed by atoms with E-state index in [1.807, 2.05) is 0 Å². The van der Waals surface area contributed by atoms with Crippen LogP contribution in [0.25, 0.3) is 0 Å². The summed E-state index contributed by atoms with van der Waals surface area (Å²) in [6.07, 6.45) is 4.17. The first kappa shape index (κ1) is 33.5. The zero-order valence-electron chi connectivity index (χ0n) is 25.3. The fourth-order valence-electron chi connectivity index (χ4n) is 5.38. The Morgan fingerprint density at radius 3 is 2.43 bits per heavy atom. The lowest BCUT2D eigenvalue weighted by Crippen LogP contribution is -2.59. The molecular weight excluding hydrogens is 572 g/mol. The smallest absolute Gasteiger partial charge is 0.246 e. The monoisotopic (exact) mass is 616 g/mol. The van der Waals surface area contributed by atoms with E-state index in [2.05, 4.69) is 27.3 Å². The molecule has 44 heavy (non-hydrogen) atoms. The average Bonchev–Trinajstić information content (AvgIpc) is 3.80. The molecule has 6 N–H and O–H groups in total. The molecule has 1 unspecified atom stereocenters. The lowest BCUT2D eigenvalue weighted by Gasteiger charge is -2.29. The van der Waals surface area contributed by atoms with Crippen LogP contribution in [0.3, 0.4) is 0 Å². The van der Waals surface area contributed by atoms with Gasteiger partial charge in [-0.2, -0.15) is 0 Å². The first-order valence-corrected chi connectivity index (χ1v) is 15.1.